The van der Waals surface area contributed by atoms with Gasteiger partial charge in [-0.15, -0.1) is 11.3 Å². The van der Waals surface area contributed by atoms with E-state index >= 15 is 0 Å². The zero-order valence-corrected chi connectivity index (χ0v) is 15.0. The van der Waals surface area contributed by atoms with Gasteiger partial charge in [0.05, 0.1) is 16.8 Å². The van der Waals surface area contributed by atoms with E-state index in [9.17, 15) is 4.79 Å². The van der Waals surface area contributed by atoms with Gasteiger partial charge in [-0.2, -0.15) is 4.99 Å². The molecule has 4 nitrogen and oxygen atoms in total. The van der Waals surface area contributed by atoms with Crippen LogP contribution in [0.4, 0.5) is 0 Å². The van der Waals surface area contributed by atoms with Gasteiger partial charge in [0, 0.05) is 24.1 Å². The zero-order chi connectivity index (χ0) is 16.8. The van der Waals surface area contributed by atoms with Crippen LogP contribution in [0.3, 0.4) is 0 Å². The largest absolute Gasteiger partial charge is 0.380 e. The van der Waals surface area contributed by atoms with Gasteiger partial charge in [0.15, 0.2) is 4.80 Å². The molecule has 0 unspecified atom stereocenters. The summed E-state index contributed by atoms with van der Waals surface area (Å²) in [5, 5.41) is 1.98. The third-order valence-electron chi connectivity index (χ3n) is 3.39. The van der Waals surface area contributed by atoms with Crippen molar-refractivity contribution in [3.05, 3.63) is 57.5 Å². The van der Waals surface area contributed by atoms with Crippen molar-refractivity contribution >= 4 is 44.9 Å². The zero-order valence-electron chi connectivity index (χ0n) is 13.3. The van der Waals surface area contributed by atoms with Crippen LogP contribution in [0, 0.1) is 0 Å². The first kappa shape index (κ1) is 16.8. The maximum atomic E-state index is 12.2. The molecule has 0 aliphatic heterocycles. The normalized spacial score (nSPS) is 12.5. The molecule has 0 radical (unpaired) electrons. The number of thiazole rings is 1. The van der Waals surface area contributed by atoms with Crippen LogP contribution in [0.2, 0.25) is 0 Å². The number of fused-ring (bicyclic) bond motifs is 1. The molecule has 1 aromatic carbocycles. The summed E-state index contributed by atoms with van der Waals surface area (Å²) in [6, 6.07) is 12.0. The van der Waals surface area contributed by atoms with Crippen molar-refractivity contribution < 1.29 is 9.53 Å². The number of benzene rings is 1. The smallest absolute Gasteiger partial charge is 0.272 e. The number of carbonyl (C=O) groups is 1. The number of carbonyl (C=O) groups excluding carboxylic acids is 1. The second kappa shape index (κ2) is 8.19. The van der Waals surface area contributed by atoms with Crippen LogP contribution in [0.25, 0.3) is 16.3 Å². The molecule has 0 aliphatic rings. The standard InChI is InChI=1S/C18H18N2O2S2/c1-2-22-12-11-20-15-7-3-4-8-16(15)24-18(20)19-17(21)10-9-14-6-5-13-23-14/h3-10,13H,2,11-12H2,1H3/b10-9+,19-18?. The average Bonchev–Trinajstić information content (AvgIpc) is 3.21. The van der Waals surface area contributed by atoms with Crippen LogP contribution in [0.15, 0.2) is 52.8 Å². The Hall–Kier alpha value is -2.02. The monoisotopic (exact) mass is 358 g/mol. The van der Waals surface area contributed by atoms with Crippen molar-refractivity contribution in [2.75, 3.05) is 13.2 Å². The minimum absolute atomic E-state index is 0.250. The molecule has 2 heterocycles. The minimum Gasteiger partial charge on any atom is -0.380 e. The van der Waals surface area contributed by atoms with E-state index in [4.69, 9.17) is 4.74 Å². The van der Waals surface area contributed by atoms with Gasteiger partial charge in [0.25, 0.3) is 5.91 Å². The predicted molar refractivity (Wildman–Crippen MR) is 100 cm³/mol. The number of thiophene rings is 1. The molecular formula is C18H18N2O2S2. The molecule has 0 spiro atoms. The molecule has 24 heavy (non-hydrogen) atoms. The number of amides is 1. The van der Waals surface area contributed by atoms with Gasteiger partial charge in [-0.25, -0.2) is 0 Å². The molecule has 0 N–H and O–H groups in total. The average molecular weight is 358 g/mol. The van der Waals surface area contributed by atoms with Crippen molar-refractivity contribution in [1.82, 2.24) is 4.57 Å². The number of hydrogen-bond donors (Lipinski definition) is 0. The molecule has 0 saturated carbocycles. The molecule has 0 saturated heterocycles. The van der Waals surface area contributed by atoms with Gasteiger partial charge in [0.1, 0.15) is 0 Å². The number of aromatic nitrogens is 1. The van der Waals surface area contributed by atoms with Gasteiger partial charge in [0.2, 0.25) is 0 Å². The van der Waals surface area contributed by atoms with Crippen molar-refractivity contribution in [1.29, 1.82) is 0 Å². The predicted octanol–water partition coefficient (Wildman–Crippen LogP) is 3.94. The van der Waals surface area contributed by atoms with E-state index in [0.717, 1.165) is 15.1 Å². The Bertz CT molecular complexity index is 905. The summed E-state index contributed by atoms with van der Waals surface area (Å²) in [5.41, 5.74) is 1.08. The Kier molecular flexibility index (Phi) is 5.74. The summed E-state index contributed by atoms with van der Waals surface area (Å²) in [6.07, 6.45) is 3.32. The lowest BCUT2D eigenvalue weighted by Gasteiger charge is -2.04. The lowest BCUT2D eigenvalue weighted by molar-refractivity contribution is -0.113. The lowest BCUT2D eigenvalue weighted by Crippen LogP contribution is -2.19. The fraction of sp³-hybridized carbons (Fsp3) is 0.222. The first-order chi connectivity index (χ1) is 11.8. The minimum atomic E-state index is -0.250. The highest BCUT2D eigenvalue weighted by atomic mass is 32.1. The van der Waals surface area contributed by atoms with E-state index in [1.165, 1.54) is 17.4 Å². The number of ether oxygens (including phenoxy) is 1. The Balaban J connectivity index is 1.91. The van der Waals surface area contributed by atoms with Crippen molar-refractivity contribution in [2.45, 2.75) is 13.5 Å². The molecule has 0 aliphatic carbocycles. The topological polar surface area (TPSA) is 43.6 Å². The number of hydrogen-bond acceptors (Lipinski definition) is 4. The first-order valence-corrected chi connectivity index (χ1v) is 9.44. The fourth-order valence-corrected chi connectivity index (χ4v) is 3.97. The lowest BCUT2D eigenvalue weighted by atomic mass is 10.3. The maximum absolute atomic E-state index is 12.2. The molecule has 3 aromatic rings. The van der Waals surface area contributed by atoms with E-state index in [0.29, 0.717) is 24.6 Å². The summed E-state index contributed by atoms with van der Waals surface area (Å²) in [4.78, 5) is 18.2. The molecule has 3 rings (SSSR count). The third kappa shape index (κ3) is 4.08. The molecule has 2 aromatic heterocycles. The molecular weight excluding hydrogens is 340 g/mol. The number of para-hydroxylation sites is 1. The van der Waals surface area contributed by atoms with Crippen LogP contribution >= 0.6 is 22.7 Å². The first-order valence-electron chi connectivity index (χ1n) is 7.74. The SMILES string of the molecule is CCOCCn1c(=NC(=O)/C=C/c2cccs2)sc2ccccc21. The summed E-state index contributed by atoms with van der Waals surface area (Å²) in [7, 11) is 0. The summed E-state index contributed by atoms with van der Waals surface area (Å²) in [5.74, 6) is -0.250. The molecule has 0 bridgehead atoms. The maximum Gasteiger partial charge on any atom is 0.272 e. The van der Waals surface area contributed by atoms with Gasteiger partial charge < -0.3 is 9.30 Å². The Morgan fingerprint density at radius 3 is 2.96 bits per heavy atom. The summed E-state index contributed by atoms with van der Waals surface area (Å²) in [6.45, 7) is 3.93. The number of rotatable bonds is 6. The second-order valence-electron chi connectivity index (χ2n) is 5.00. The Labute approximate surface area is 148 Å². The molecule has 1 amide bonds. The van der Waals surface area contributed by atoms with Crippen molar-refractivity contribution in [3.8, 4) is 0 Å². The van der Waals surface area contributed by atoms with Crippen molar-refractivity contribution in [2.24, 2.45) is 4.99 Å². The highest BCUT2D eigenvalue weighted by Crippen LogP contribution is 2.16. The Morgan fingerprint density at radius 2 is 2.17 bits per heavy atom. The van der Waals surface area contributed by atoms with Crippen LogP contribution in [0.5, 0.6) is 0 Å². The number of nitrogens with zero attached hydrogens (tertiary/aromatic N) is 2. The highest BCUT2D eigenvalue weighted by Gasteiger charge is 2.06. The summed E-state index contributed by atoms with van der Waals surface area (Å²) >= 11 is 3.11. The van der Waals surface area contributed by atoms with Crippen LogP contribution < -0.4 is 4.80 Å². The van der Waals surface area contributed by atoms with E-state index in [2.05, 4.69) is 4.99 Å². The van der Waals surface area contributed by atoms with Gasteiger partial charge in [-0.05, 0) is 36.6 Å². The van der Waals surface area contributed by atoms with Gasteiger partial charge in [-0.1, -0.05) is 29.5 Å². The van der Waals surface area contributed by atoms with Crippen LogP contribution in [-0.2, 0) is 16.1 Å². The van der Waals surface area contributed by atoms with E-state index in [-0.39, 0.29) is 5.91 Å². The fourth-order valence-electron chi connectivity index (χ4n) is 2.29. The Morgan fingerprint density at radius 1 is 1.29 bits per heavy atom. The molecule has 0 fully saturated rings. The molecule has 6 heteroatoms. The van der Waals surface area contributed by atoms with E-state index < -0.39 is 0 Å². The molecule has 124 valence electrons. The van der Waals surface area contributed by atoms with Gasteiger partial charge in [-0.3, -0.25) is 4.79 Å². The van der Waals surface area contributed by atoms with Crippen LogP contribution in [-0.4, -0.2) is 23.7 Å². The van der Waals surface area contributed by atoms with E-state index in [1.807, 2.05) is 53.3 Å². The van der Waals surface area contributed by atoms with Gasteiger partial charge >= 0.3 is 0 Å². The third-order valence-corrected chi connectivity index (χ3v) is 5.29. The molecule has 0 atom stereocenters. The van der Waals surface area contributed by atoms with Crippen LogP contribution in [0.1, 0.15) is 11.8 Å². The van der Waals surface area contributed by atoms with E-state index in [1.54, 1.807) is 17.4 Å². The van der Waals surface area contributed by atoms with Crippen molar-refractivity contribution in [3.63, 3.8) is 0 Å². The second-order valence-corrected chi connectivity index (χ2v) is 6.99. The highest BCUT2D eigenvalue weighted by molar-refractivity contribution is 7.16. The quantitative estimate of drug-likeness (QED) is 0.495. The summed E-state index contributed by atoms with van der Waals surface area (Å²) < 4.78 is 8.62.